The smallest absolute Gasteiger partial charge is 0.0107 e. The molecule has 0 spiro atoms. The second kappa shape index (κ2) is 3.62. The lowest BCUT2D eigenvalue weighted by Gasteiger charge is -2.27. The van der Waals surface area contributed by atoms with Crippen molar-refractivity contribution in [1.29, 1.82) is 0 Å². The summed E-state index contributed by atoms with van der Waals surface area (Å²) in [6.07, 6.45) is 2.61. The molecule has 1 aliphatic heterocycles. The average Bonchev–Trinajstić information content (AvgIpc) is 2.15. The molecule has 2 rings (SSSR count). The summed E-state index contributed by atoms with van der Waals surface area (Å²) >= 11 is 2.02. The maximum Gasteiger partial charge on any atom is 0.0107 e. The first kappa shape index (κ1) is 10.1. The molecule has 0 N–H and O–H groups in total. The van der Waals surface area contributed by atoms with Gasteiger partial charge in [0.2, 0.25) is 0 Å². The molecule has 0 bridgehead atoms. The quantitative estimate of drug-likeness (QED) is 0.618. The van der Waals surface area contributed by atoms with Crippen LogP contribution in [0.3, 0.4) is 0 Å². The number of benzene rings is 1. The third-order valence-electron chi connectivity index (χ3n) is 2.77. The molecule has 76 valence electrons. The van der Waals surface area contributed by atoms with Crippen molar-refractivity contribution in [3.05, 3.63) is 29.3 Å². The van der Waals surface area contributed by atoms with Crippen molar-refractivity contribution in [2.45, 2.75) is 43.9 Å². The predicted octanol–water partition coefficient (Wildman–Crippen LogP) is 4.02. The zero-order chi connectivity index (χ0) is 10.2. The average molecular weight is 206 g/mol. The minimum absolute atomic E-state index is 0.295. The summed E-state index contributed by atoms with van der Waals surface area (Å²) in [5.41, 5.74) is 3.45. The van der Waals surface area contributed by atoms with Crippen LogP contribution >= 0.6 is 11.8 Å². The van der Waals surface area contributed by atoms with Gasteiger partial charge in [0.1, 0.15) is 0 Å². The Morgan fingerprint density at radius 3 is 2.71 bits per heavy atom. The SMILES string of the molecule is CC(C)(C)c1cccc2c1CCCS2. The highest BCUT2D eigenvalue weighted by atomic mass is 32.2. The fraction of sp³-hybridized carbons (Fsp3) is 0.538. The van der Waals surface area contributed by atoms with E-state index in [1.54, 1.807) is 11.1 Å². The fourth-order valence-corrected chi connectivity index (χ4v) is 3.16. The van der Waals surface area contributed by atoms with E-state index in [1.807, 2.05) is 11.8 Å². The van der Waals surface area contributed by atoms with Crippen LogP contribution in [0.2, 0.25) is 0 Å². The molecule has 0 atom stereocenters. The molecule has 0 nitrogen and oxygen atoms in total. The molecule has 1 aromatic rings. The monoisotopic (exact) mass is 206 g/mol. The zero-order valence-electron chi connectivity index (χ0n) is 9.26. The van der Waals surface area contributed by atoms with Gasteiger partial charge in [-0.25, -0.2) is 0 Å². The molecule has 0 aliphatic carbocycles. The molecular formula is C13H18S. The molecule has 1 heterocycles. The molecule has 0 aromatic heterocycles. The second-order valence-corrected chi connectivity index (χ2v) is 6.12. The maximum absolute atomic E-state index is 2.31. The van der Waals surface area contributed by atoms with Gasteiger partial charge in [-0.3, -0.25) is 0 Å². The van der Waals surface area contributed by atoms with Crippen LogP contribution in [0, 0.1) is 0 Å². The summed E-state index contributed by atoms with van der Waals surface area (Å²) in [5, 5.41) is 0. The number of fused-ring (bicyclic) bond motifs is 1. The van der Waals surface area contributed by atoms with E-state index in [9.17, 15) is 0 Å². The fourth-order valence-electron chi connectivity index (χ4n) is 2.09. The predicted molar refractivity (Wildman–Crippen MR) is 64.2 cm³/mol. The molecule has 1 heteroatoms. The van der Waals surface area contributed by atoms with E-state index in [-0.39, 0.29) is 0 Å². The summed E-state index contributed by atoms with van der Waals surface area (Å²) in [6.45, 7) is 6.92. The lowest BCUT2D eigenvalue weighted by atomic mass is 9.82. The summed E-state index contributed by atoms with van der Waals surface area (Å²) < 4.78 is 0. The van der Waals surface area contributed by atoms with Crippen LogP contribution in [-0.4, -0.2) is 5.75 Å². The van der Waals surface area contributed by atoms with E-state index < -0.39 is 0 Å². The summed E-state index contributed by atoms with van der Waals surface area (Å²) in [5.74, 6) is 1.29. The van der Waals surface area contributed by atoms with Gasteiger partial charge in [0.05, 0.1) is 0 Å². The summed E-state index contributed by atoms with van der Waals surface area (Å²) in [6, 6.07) is 6.77. The van der Waals surface area contributed by atoms with Crippen molar-refractivity contribution in [2.75, 3.05) is 5.75 Å². The van der Waals surface area contributed by atoms with Gasteiger partial charge in [-0.05, 0) is 41.2 Å². The van der Waals surface area contributed by atoms with E-state index in [1.165, 1.54) is 23.5 Å². The highest BCUT2D eigenvalue weighted by Crippen LogP contribution is 2.36. The number of hydrogen-bond acceptors (Lipinski definition) is 1. The molecule has 1 aliphatic rings. The molecule has 0 fully saturated rings. The Bertz CT molecular complexity index is 334. The van der Waals surface area contributed by atoms with Crippen molar-refractivity contribution in [3.63, 3.8) is 0 Å². The second-order valence-electron chi connectivity index (χ2n) is 4.98. The maximum atomic E-state index is 2.31. The van der Waals surface area contributed by atoms with Crippen molar-refractivity contribution in [2.24, 2.45) is 0 Å². The van der Waals surface area contributed by atoms with Gasteiger partial charge in [-0.15, -0.1) is 11.8 Å². The van der Waals surface area contributed by atoms with Crippen LogP contribution in [0.4, 0.5) is 0 Å². The largest absolute Gasteiger partial charge is 0.126 e. The minimum atomic E-state index is 0.295. The van der Waals surface area contributed by atoms with Crippen LogP contribution in [0.25, 0.3) is 0 Å². The number of thioether (sulfide) groups is 1. The van der Waals surface area contributed by atoms with Crippen molar-refractivity contribution < 1.29 is 0 Å². The topological polar surface area (TPSA) is 0 Å². The van der Waals surface area contributed by atoms with E-state index in [2.05, 4.69) is 39.0 Å². The van der Waals surface area contributed by atoms with E-state index in [4.69, 9.17) is 0 Å². The van der Waals surface area contributed by atoms with Gasteiger partial charge in [0.25, 0.3) is 0 Å². The summed E-state index contributed by atoms with van der Waals surface area (Å²) in [4.78, 5) is 1.52. The minimum Gasteiger partial charge on any atom is -0.126 e. The van der Waals surface area contributed by atoms with Gasteiger partial charge in [-0.1, -0.05) is 32.9 Å². The Morgan fingerprint density at radius 1 is 1.21 bits per heavy atom. The Hall–Kier alpha value is -0.430. The van der Waals surface area contributed by atoms with E-state index in [0.717, 1.165) is 0 Å². The number of rotatable bonds is 0. The molecule has 0 amide bonds. The molecule has 0 saturated heterocycles. The van der Waals surface area contributed by atoms with Gasteiger partial charge < -0.3 is 0 Å². The van der Waals surface area contributed by atoms with Crippen molar-refractivity contribution >= 4 is 11.8 Å². The Kier molecular flexibility index (Phi) is 2.61. The lowest BCUT2D eigenvalue weighted by molar-refractivity contribution is 0.577. The number of hydrogen-bond donors (Lipinski definition) is 0. The first-order valence-electron chi connectivity index (χ1n) is 5.34. The van der Waals surface area contributed by atoms with Crippen LogP contribution in [0.1, 0.15) is 38.3 Å². The van der Waals surface area contributed by atoms with Gasteiger partial charge in [-0.2, -0.15) is 0 Å². The first-order valence-corrected chi connectivity index (χ1v) is 6.33. The summed E-state index contributed by atoms with van der Waals surface area (Å²) in [7, 11) is 0. The normalized spacial score (nSPS) is 16.5. The highest BCUT2D eigenvalue weighted by Gasteiger charge is 2.21. The lowest BCUT2D eigenvalue weighted by Crippen LogP contribution is -2.16. The molecule has 1 aromatic carbocycles. The van der Waals surface area contributed by atoms with Gasteiger partial charge >= 0.3 is 0 Å². The zero-order valence-corrected chi connectivity index (χ0v) is 10.1. The van der Waals surface area contributed by atoms with Crippen LogP contribution < -0.4 is 0 Å². The highest BCUT2D eigenvalue weighted by molar-refractivity contribution is 7.99. The van der Waals surface area contributed by atoms with E-state index in [0.29, 0.717) is 5.41 Å². The van der Waals surface area contributed by atoms with Crippen LogP contribution in [0.5, 0.6) is 0 Å². The third kappa shape index (κ3) is 1.83. The van der Waals surface area contributed by atoms with Crippen molar-refractivity contribution in [3.8, 4) is 0 Å². The molecule has 0 saturated carbocycles. The Morgan fingerprint density at radius 2 is 2.00 bits per heavy atom. The van der Waals surface area contributed by atoms with Crippen molar-refractivity contribution in [1.82, 2.24) is 0 Å². The molecule has 14 heavy (non-hydrogen) atoms. The molecule has 0 unspecified atom stereocenters. The first-order chi connectivity index (χ1) is 6.59. The van der Waals surface area contributed by atoms with Crippen LogP contribution in [0.15, 0.2) is 23.1 Å². The van der Waals surface area contributed by atoms with Gasteiger partial charge in [0.15, 0.2) is 0 Å². The van der Waals surface area contributed by atoms with E-state index >= 15 is 0 Å². The third-order valence-corrected chi connectivity index (χ3v) is 3.96. The standard InChI is InChI=1S/C13H18S/c1-13(2,3)11-7-4-8-12-10(11)6-5-9-14-12/h4,7-8H,5-6,9H2,1-3H3. The molecule has 0 radical (unpaired) electrons. The Balaban J connectivity index is 2.51. The Labute approximate surface area is 91.1 Å². The van der Waals surface area contributed by atoms with Crippen LogP contribution in [-0.2, 0) is 11.8 Å². The molecular weight excluding hydrogens is 188 g/mol. The van der Waals surface area contributed by atoms with Gasteiger partial charge in [0, 0.05) is 4.90 Å².